The maximum atomic E-state index is 14.4. The molecule has 2 aromatic heterocycles. The third-order valence-corrected chi connectivity index (χ3v) is 5.70. The Morgan fingerprint density at radius 3 is 2.78 bits per heavy atom. The Morgan fingerprint density at radius 2 is 2.03 bits per heavy atom. The monoisotopic (exact) mass is 449 g/mol. The topological polar surface area (TPSA) is 67.9 Å². The number of pyridine rings is 1. The number of amides is 1. The number of fused-ring (bicyclic) bond motifs is 1. The second-order valence-corrected chi connectivity index (χ2v) is 7.66. The molecule has 2 aromatic carbocycles. The number of ether oxygens (including phenoxy) is 1. The van der Waals surface area contributed by atoms with Crippen molar-refractivity contribution >= 4 is 34.1 Å². The number of hydrogen-bond acceptors (Lipinski definition) is 5. The largest absolute Gasteiger partial charge is 0.497 e. The molecule has 0 radical (unpaired) electrons. The van der Waals surface area contributed by atoms with Gasteiger partial charge in [0.1, 0.15) is 28.2 Å². The minimum Gasteiger partial charge on any atom is -0.497 e. The number of benzene rings is 2. The Kier molecular flexibility index (Phi) is 5.11. The first-order valence-electron chi connectivity index (χ1n) is 9.89. The van der Waals surface area contributed by atoms with Crippen LogP contribution in [-0.4, -0.2) is 28.7 Å². The summed E-state index contributed by atoms with van der Waals surface area (Å²) < 4.78 is 25.1. The fraction of sp³-hybridized carbons (Fsp3) is 0.125. The number of methoxy groups -OCH3 is 1. The standard InChI is InChI=1S/C24H17ClFN3O3/c1-31-15-9-8-14-11-17(23(25)27-19(14)12-15)21-13-20(22-7-4-10-32-22)28-29(21)24(30)16-5-2-3-6-18(16)26/h2-12,21H,13H2,1H3/t21-/m0/s1. The SMILES string of the molecule is COc1ccc2cc([C@@H]3CC(c4ccco4)=NN3C(=O)c3ccccc3F)c(Cl)nc2c1. The first-order chi connectivity index (χ1) is 15.5. The number of furan rings is 1. The zero-order valence-corrected chi connectivity index (χ0v) is 17.7. The molecule has 3 heterocycles. The molecule has 5 rings (SSSR count). The summed E-state index contributed by atoms with van der Waals surface area (Å²) in [5.74, 6) is 0.0104. The number of halogens is 2. The lowest BCUT2D eigenvalue weighted by molar-refractivity contribution is 0.0706. The van der Waals surface area contributed by atoms with Crippen LogP contribution in [0.5, 0.6) is 5.75 Å². The van der Waals surface area contributed by atoms with E-state index in [1.165, 1.54) is 29.5 Å². The molecule has 0 saturated carbocycles. The second-order valence-electron chi connectivity index (χ2n) is 7.30. The highest BCUT2D eigenvalue weighted by Crippen LogP contribution is 2.38. The maximum absolute atomic E-state index is 14.4. The minimum absolute atomic E-state index is 0.0726. The number of carbonyl (C=O) groups excluding carboxylic acids is 1. The fourth-order valence-electron chi connectivity index (χ4n) is 3.79. The van der Waals surface area contributed by atoms with Crippen molar-refractivity contribution in [1.82, 2.24) is 9.99 Å². The Morgan fingerprint density at radius 1 is 1.19 bits per heavy atom. The van der Waals surface area contributed by atoms with Gasteiger partial charge in [-0.25, -0.2) is 14.4 Å². The third kappa shape index (κ3) is 3.50. The molecule has 6 nitrogen and oxygen atoms in total. The van der Waals surface area contributed by atoms with Crippen molar-refractivity contribution in [3.8, 4) is 5.75 Å². The molecule has 0 aliphatic carbocycles. The van der Waals surface area contributed by atoms with E-state index in [2.05, 4.69) is 10.1 Å². The van der Waals surface area contributed by atoms with Gasteiger partial charge in [-0.3, -0.25) is 4.79 Å². The van der Waals surface area contributed by atoms with E-state index in [-0.39, 0.29) is 10.7 Å². The third-order valence-electron chi connectivity index (χ3n) is 5.39. The number of aromatic nitrogens is 1. The number of rotatable bonds is 4. The summed E-state index contributed by atoms with van der Waals surface area (Å²) in [6, 6.07) is 16.1. The summed E-state index contributed by atoms with van der Waals surface area (Å²) in [6.07, 6.45) is 1.88. The zero-order valence-electron chi connectivity index (χ0n) is 17.0. The molecule has 32 heavy (non-hydrogen) atoms. The molecule has 8 heteroatoms. The predicted molar refractivity (Wildman–Crippen MR) is 118 cm³/mol. The van der Waals surface area contributed by atoms with Gasteiger partial charge in [-0.05, 0) is 42.5 Å². The van der Waals surface area contributed by atoms with Gasteiger partial charge < -0.3 is 9.15 Å². The lowest BCUT2D eigenvalue weighted by Crippen LogP contribution is -2.28. The van der Waals surface area contributed by atoms with Crippen LogP contribution in [0.4, 0.5) is 4.39 Å². The quantitative estimate of drug-likeness (QED) is 0.379. The van der Waals surface area contributed by atoms with Crippen LogP contribution in [0.15, 0.2) is 76.4 Å². The fourth-order valence-corrected chi connectivity index (χ4v) is 4.06. The van der Waals surface area contributed by atoms with Gasteiger partial charge in [0.15, 0.2) is 0 Å². The van der Waals surface area contributed by atoms with E-state index in [9.17, 15) is 9.18 Å². The van der Waals surface area contributed by atoms with Crippen molar-refractivity contribution in [2.45, 2.75) is 12.5 Å². The highest BCUT2D eigenvalue weighted by Gasteiger charge is 2.37. The van der Waals surface area contributed by atoms with Crippen LogP contribution in [0.3, 0.4) is 0 Å². The average Bonchev–Trinajstić information content (AvgIpc) is 3.48. The molecule has 0 bridgehead atoms. The molecule has 0 N–H and O–H groups in total. The van der Waals surface area contributed by atoms with Crippen LogP contribution in [0.1, 0.15) is 34.1 Å². The highest BCUT2D eigenvalue weighted by molar-refractivity contribution is 6.30. The molecule has 1 aliphatic heterocycles. The average molecular weight is 450 g/mol. The lowest BCUT2D eigenvalue weighted by atomic mass is 10.00. The molecular weight excluding hydrogens is 433 g/mol. The van der Waals surface area contributed by atoms with Crippen molar-refractivity contribution < 1.29 is 18.3 Å². The summed E-state index contributed by atoms with van der Waals surface area (Å²) >= 11 is 6.56. The summed E-state index contributed by atoms with van der Waals surface area (Å²) in [5.41, 5.74) is 1.77. The first kappa shape index (κ1) is 20.2. The van der Waals surface area contributed by atoms with Gasteiger partial charge in [0.25, 0.3) is 5.91 Å². The predicted octanol–water partition coefficient (Wildman–Crippen LogP) is 5.62. The van der Waals surface area contributed by atoms with E-state index in [4.69, 9.17) is 20.8 Å². The van der Waals surface area contributed by atoms with E-state index in [1.807, 2.05) is 18.2 Å². The van der Waals surface area contributed by atoms with Crippen LogP contribution >= 0.6 is 11.6 Å². The summed E-state index contributed by atoms with van der Waals surface area (Å²) in [5, 5.41) is 6.81. The van der Waals surface area contributed by atoms with Crippen molar-refractivity contribution in [2.75, 3.05) is 7.11 Å². The molecule has 0 saturated heterocycles. The number of hydrazone groups is 1. The molecular formula is C24H17ClFN3O3. The van der Waals surface area contributed by atoms with Gasteiger partial charge >= 0.3 is 0 Å². The normalized spacial score (nSPS) is 15.8. The Bertz CT molecular complexity index is 1350. The lowest BCUT2D eigenvalue weighted by Gasteiger charge is -2.23. The summed E-state index contributed by atoms with van der Waals surface area (Å²) in [7, 11) is 1.58. The van der Waals surface area contributed by atoms with Crippen molar-refractivity contribution in [3.63, 3.8) is 0 Å². The molecule has 0 fully saturated rings. The van der Waals surface area contributed by atoms with Gasteiger partial charge in [0, 0.05) is 23.4 Å². The van der Waals surface area contributed by atoms with Gasteiger partial charge in [-0.2, -0.15) is 5.10 Å². The Hall–Kier alpha value is -3.71. The van der Waals surface area contributed by atoms with E-state index in [0.717, 1.165) is 5.39 Å². The van der Waals surface area contributed by atoms with E-state index in [0.29, 0.717) is 34.7 Å². The van der Waals surface area contributed by atoms with Crippen LogP contribution in [0, 0.1) is 5.82 Å². The van der Waals surface area contributed by atoms with Crippen molar-refractivity contribution in [3.05, 3.63) is 94.8 Å². The molecule has 160 valence electrons. The second kappa shape index (κ2) is 8.09. The molecule has 4 aromatic rings. The molecule has 1 atom stereocenters. The number of nitrogens with zero attached hydrogens (tertiary/aromatic N) is 3. The van der Waals surface area contributed by atoms with Crippen LogP contribution in [0.25, 0.3) is 10.9 Å². The van der Waals surface area contributed by atoms with Gasteiger partial charge in [0.2, 0.25) is 0 Å². The molecule has 0 unspecified atom stereocenters. The van der Waals surface area contributed by atoms with E-state index < -0.39 is 17.8 Å². The van der Waals surface area contributed by atoms with Gasteiger partial charge in [0.05, 0.1) is 30.5 Å². The Balaban J connectivity index is 1.60. The maximum Gasteiger partial charge on any atom is 0.277 e. The van der Waals surface area contributed by atoms with Crippen LogP contribution < -0.4 is 4.74 Å². The number of carbonyl (C=O) groups is 1. The van der Waals surface area contributed by atoms with E-state index in [1.54, 1.807) is 31.4 Å². The zero-order chi connectivity index (χ0) is 22.2. The molecule has 1 aliphatic rings. The first-order valence-corrected chi connectivity index (χ1v) is 10.3. The summed E-state index contributed by atoms with van der Waals surface area (Å²) in [4.78, 5) is 17.8. The van der Waals surface area contributed by atoms with E-state index >= 15 is 0 Å². The van der Waals surface area contributed by atoms with Crippen molar-refractivity contribution in [2.24, 2.45) is 5.10 Å². The minimum atomic E-state index is -0.618. The summed E-state index contributed by atoms with van der Waals surface area (Å²) in [6.45, 7) is 0. The van der Waals surface area contributed by atoms with Gasteiger partial charge in [-0.15, -0.1) is 0 Å². The van der Waals surface area contributed by atoms with Crippen molar-refractivity contribution in [1.29, 1.82) is 0 Å². The smallest absolute Gasteiger partial charge is 0.277 e. The van der Waals surface area contributed by atoms with Gasteiger partial charge in [-0.1, -0.05) is 23.7 Å². The molecule has 1 amide bonds. The van der Waals surface area contributed by atoms with Crippen LogP contribution in [0.2, 0.25) is 5.15 Å². The molecule has 0 spiro atoms. The van der Waals surface area contributed by atoms with Crippen LogP contribution in [-0.2, 0) is 0 Å². The number of hydrogen-bond donors (Lipinski definition) is 0. The highest BCUT2D eigenvalue weighted by atomic mass is 35.5. The Labute approximate surface area is 187 Å².